The van der Waals surface area contributed by atoms with Crippen LogP contribution in [-0.4, -0.2) is 16.3 Å². The summed E-state index contributed by atoms with van der Waals surface area (Å²) in [7, 11) is 0. The maximum atomic E-state index is 10.4. The average molecular weight is 304 g/mol. The summed E-state index contributed by atoms with van der Waals surface area (Å²) >= 11 is 0. The van der Waals surface area contributed by atoms with Crippen LogP contribution in [0.2, 0.25) is 0 Å². The van der Waals surface area contributed by atoms with Crippen LogP contribution in [-0.2, 0) is 5.41 Å². The Bertz CT molecular complexity index is 479. The lowest BCUT2D eigenvalue weighted by molar-refractivity contribution is 0.181. The van der Waals surface area contributed by atoms with Crippen molar-refractivity contribution in [1.82, 2.24) is 0 Å². The van der Waals surface area contributed by atoms with Crippen molar-refractivity contribution in [1.29, 1.82) is 0 Å². The summed E-state index contributed by atoms with van der Waals surface area (Å²) in [6.45, 7) is 6.78. The van der Waals surface area contributed by atoms with Crippen molar-refractivity contribution in [2.24, 2.45) is 0 Å². The lowest BCUT2D eigenvalue weighted by Crippen LogP contribution is -2.17. The predicted octanol–water partition coefficient (Wildman–Crippen LogP) is 5.27. The van der Waals surface area contributed by atoms with Gasteiger partial charge in [-0.1, -0.05) is 58.6 Å². The fourth-order valence-corrected chi connectivity index (χ4v) is 3.69. The van der Waals surface area contributed by atoms with Crippen molar-refractivity contribution in [2.45, 2.75) is 89.6 Å². The van der Waals surface area contributed by atoms with Crippen LogP contribution in [0.1, 0.15) is 89.2 Å². The van der Waals surface area contributed by atoms with Crippen molar-refractivity contribution in [2.75, 3.05) is 0 Å². The summed E-state index contributed by atoms with van der Waals surface area (Å²) in [5, 5.41) is 20.1. The second-order valence-corrected chi connectivity index (χ2v) is 7.63. The molecule has 1 aliphatic rings. The third kappa shape index (κ3) is 4.25. The highest BCUT2D eigenvalue weighted by molar-refractivity contribution is 5.41. The fourth-order valence-electron chi connectivity index (χ4n) is 3.69. The first-order chi connectivity index (χ1) is 10.4. The van der Waals surface area contributed by atoms with Gasteiger partial charge in [-0.15, -0.1) is 0 Å². The average Bonchev–Trinajstić information content (AvgIpc) is 2.90. The first-order valence-corrected chi connectivity index (χ1v) is 8.95. The maximum absolute atomic E-state index is 10.4. The van der Waals surface area contributed by atoms with Crippen LogP contribution in [0.25, 0.3) is 0 Å². The van der Waals surface area contributed by atoms with Crippen molar-refractivity contribution in [3.63, 3.8) is 0 Å². The van der Waals surface area contributed by atoms with E-state index >= 15 is 0 Å². The van der Waals surface area contributed by atoms with Crippen LogP contribution < -0.4 is 0 Å². The molecule has 0 spiro atoms. The Morgan fingerprint density at radius 3 is 2.50 bits per heavy atom. The molecular weight excluding hydrogens is 272 g/mol. The Morgan fingerprint density at radius 1 is 1.14 bits per heavy atom. The van der Waals surface area contributed by atoms with Gasteiger partial charge in [-0.25, -0.2) is 0 Å². The number of aliphatic hydroxyl groups is 1. The number of aliphatic hydroxyl groups excluding tert-OH is 1. The minimum absolute atomic E-state index is 0.110. The number of hydrogen-bond acceptors (Lipinski definition) is 2. The quantitative estimate of drug-likeness (QED) is 0.674. The molecule has 22 heavy (non-hydrogen) atoms. The van der Waals surface area contributed by atoms with Gasteiger partial charge in [-0.2, -0.15) is 0 Å². The van der Waals surface area contributed by atoms with Gasteiger partial charge in [0, 0.05) is 0 Å². The van der Waals surface area contributed by atoms with Crippen molar-refractivity contribution in [3.8, 4) is 5.75 Å². The summed E-state index contributed by atoms with van der Waals surface area (Å²) in [5.41, 5.74) is 2.35. The molecule has 2 heteroatoms. The first kappa shape index (κ1) is 17.3. The van der Waals surface area contributed by atoms with Crippen LogP contribution in [0, 0.1) is 0 Å². The monoisotopic (exact) mass is 304 g/mol. The Hall–Kier alpha value is -1.02. The number of phenolic OH excluding ortho intramolecular Hbond substituents is 1. The molecule has 1 aliphatic carbocycles. The number of aromatic hydroxyl groups is 1. The number of rotatable bonds is 7. The molecule has 2 rings (SSSR count). The van der Waals surface area contributed by atoms with Crippen molar-refractivity contribution < 1.29 is 10.2 Å². The van der Waals surface area contributed by atoms with E-state index in [0.29, 0.717) is 11.7 Å². The normalized spacial score (nSPS) is 22.2. The second kappa shape index (κ2) is 7.50. The summed E-state index contributed by atoms with van der Waals surface area (Å²) < 4.78 is 0. The number of phenols is 1. The highest BCUT2D eigenvalue weighted by Crippen LogP contribution is 2.40. The van der Waals surface area contributed by atoms with Gasteiger partial charge in [-0.05, 0) is 54.2 Å². The van der Waals surface area contributed by atoms with E-state index in [4.69, 9.17) is 0 Å². The van der Waals surface area contributed by atoms with Crippen LogP contribution in [0.3, 0.4) is 0 Å². The second-order valence-electron chi connectivity index (χ2n) is 7.63. The molecule has 0 unspecified atom stereocenters. The third-order valence-corrected chi connectivity index (χ3v) is 5.31. The van der Waals surface area contributed by atoms with E-state index in [1.165, 1.54) is 31.2 Å². The van der Waals surface area contributed by atoms with E-state index in [0.717, 1.165) is 31.2 Å². The lowest BCUT2D eigenvalue weighted by Gasteiger charge is -2.26. The molecule has 1 aromatic rings. The Balaban J connectivity index is 2.04. The Kier molecular flexibility index (Phi) is 5.91. The SMILES string of the molecule is CCCCCCC(C)(C)c1ccc([C@@H]2CC[C@H](O)C2)c(O)c1. The number of benzene rings is 1. The van der Waals surface area contributed by atoms with E-state index < -0.39 is 0 Å². The summed E-state index contributed by atoms with van der Waals surface area (Å²) in [4.78, 5) is 0. The highest BCUT2D eigenvalue weighted by atomic mass is 16.3. The molecule has 0 bridgehead atoms. The van der Waals surface area contributed by atoms with Gasteiger partial charge in [0.2, 0.25) is 0 Å². The van der Waals surface area contributed by atoms with Crippen molar-refractivity contribution in [3.05, 3.63) is 29.3 Å². The molecule has 0 amide bonds. The van der Waals surface area contributed by atoms with Gasteiger partial charge >= 0.3 is 0 Å². The van der Waals surface area contributed by atoms with Crippen LogP contribution in [0.4, 0.5) is 0 Å². The highest BCUT2D eigenvalue weighted by Gasteiger charge is 2.27. The molecule has 0 aliphatic heterocycles. The molecule has 2 nitrogen and oxygen atoms in total. The van der Waals surface area contributed by atoms with E-state index in [1.54, 1.807) is 0 Å². The summed E-state index contributed by atoms with van der Waals surface area (Å²) in [5.74, 6) is 0.731. The minimum Gasteiger partial charge on any atom is -0.508 e. The first-order valence-electron chi connectivity index (χ1n) is 8.95. The molecule has 0 aromatic heterocycles. The third-order valence-electron chi connectivity index (χ3n) is 5.31. The largest absolute Gasteiger partial charge is 0.508 e. The molecule has 1 aromatic carbocycles. The standard InChI is InChI=1S/C20H32O2/c1-4-5-6-7-12-20(2,3)16-9-11-18(19(22)14-16)15-8-10-17(21)13-15/h9,11,14-15,17,21-22H,4-8,10,12-13H2,1-3H3/t15-,17+/m1/s1. The van der Waals surface area contributed by atoms with Crippen LogP contribution in [0.15, 0.2) is 18.2 Å². The van der Waals surface area contributed by atoms with Crippen LogP contribution >= 0.6 is 0 Å². The fraction of sp³-hybridized carbons (Fsp3) is 0.700. The van der Waals surface area contributed by atoms with Gasteiger partial charge in [0.05, 0.1) is 6.10 Å². The summed E-state index contributed by atoms with van der Waals surface area (Å²) in [6, 6.07) is 6.22. The smallest absolute Gasteiger partial charge is 0.119 e. The Labute approximate surface area is 135 Å². The molecular formula is C20H32O2. The minimum atomic E-state index is -0.195. The molecule has 2 atom stereocenters. The zero-order chi connectivity index (χ0) is 16.2. The Morgan fingerprint density at radius 2 is 1.91 bits per heavy atom. The van der Waals surface area contributed by atoms with Gasteiger partial charge in [0.1, 0.15) is 5.75 Å². The summed E-state index contributed by atoms with van der Waals surface area (Å²) in [6.07, 6.45) is 8.71. The van der Waals surface area contributed by atoms with E-state index in [2.05, 4.69) is 32.9 Å². The van der Waals surface area contributed by atoms with Gasteiger partial charge < -0.3 is 10.2 Å². The van der Waals surface area contributed by atoms with E-state index in [9.17, 15) is 10.2 Å². The van der Waals surface area contributed by atoms with E-state index in [1.807, 2.05) is 6.07 Å². The predicted molar refractivity (Wildman–Crippen MR) is 92.5 cm³/mol. The number of hydrogen-bond donors (Lipinski definition) is 2. The van der Waals surface area contributed by atoms with Crippen LogP contribution in [0.5, 0.6) is 5.75 Å². The molecule has 1 saturated carbocycles. The molecule has 0 saturated heterocycles. The van der Waals surface area contributed by atoms with E-state index in [-0.39, 0.29) is 11.5 Å². The van der Waals surface area contributed by atoms with Gasteiger partial charge in [-0.3, -0.25) is 0 Å². The molecule has 0 heterocycles. The lowest BCUT2D eigenvalue weighted by atomic mass is 9.79. The van der Waals surface area contributed by atoms with Gasteiger partial charge in [0.25, 0.3) is 0 Å². The molecule has 2 N–H and O–H groups in total. The van der Waals surface area contributed by atoms with Gasteiger partial charge in [0.15, 0.2) is 0 Å². The zero-order valence-electron chi connectivity index (χ0n) is 14.4. The molecule has 124 valence electrons. The molecule has 1 fully saturated rings. The molecule has 0 radical (unpaired) electrons. The topological polar surface area (TPSA) is 40.5 Å². The maximum Gasteiger partial charge on any atom is 0.119 e. The zero-order valence-corrected chi connectivity index (χ0v) is 14.4. The number of unbranched alkanes of at least 4 members (excludes halogenated alkanes) is 3. The van der Waals surface area contributed by atoms with Crippen molar-refractivity contribution >= 4 is 0 Å².